The van der Waals surface area contributed by atoms with Gasteiger partial charge in [0, 0.05) is 24.4 Å². The van der Waals surface area contributed by atoms with Gasteiger partial charge in [-0.2, -0.15) is 0 Å². The number of carbonyl (C=O) groups excluding carboxylic acids is 3. The monoisotopic (exact) mass is 931 g/mol. The number of H-pyrrole nitrogens is 1. The van der Waals surface area contributed by atoms with E-state index in [0.717, 1.165) is 41.4 Å². The number of hydrogen-bond donors (Lipinski definition) is 2. The molecule has 12 nitrogen and oxygen atoms in total. The number of carbonyl (C=O) groups is 3. The van der Waals surface area contributed by atoms with E-state index in [4.69, 9.17) is 33.9 Å². The molecule has 8 bridgehead atoms. The summed E-state index contributed by atoms with van der Waals surface area (Å²) in [6.45, 7) is 22.9. The van der Waals surface area contributed by atoms with Gasteiger partial charge in [-0.15, -0.1) is 0 Å². The van der Waals surface area contributed by atoms with Crippen LogP contribution in [0.5, 0.6) is 0 Å². The summed E-state index contributed by atoms with van der Waals surface area (Å²) in [5.41, 5.74) is 9.51. The number of cyclic esters (lactones) is 1. The van der Waals surface area contributed by atoms with Gasteiger partial charge in [0.2, 0.25) is 0 Å². The second-order valence-electron chi connectivity index (χ2n) is 19.8. The molecule has 0 amide bonds. The van der Waals surface area contributed by atoms with Crippen LogP contribution in [0.15, 0.2) is 88.8 Å². The maximum Gasteiger partial charge on any atom is 0.385 e. The van der Waals surface area contributed by atoms with Crippen molar-refractivity contribution >= 4 is 53.0 Å². The van der Waals surface area contributed by atoms with Crippen LogP contribution in [0.25, 0.3) is 17.9 Å². The lowest BCUT2D eigenvalue weighted by atomic mass is 9.86. The summed E-state index contributed by atoms with van der Waals surface area (Å²) < 4.78 is 23.0. The van der Waals surface area contributed by atoms with Crippen molar-refractivity contribution in [3.8, 4) is 0 Å². The molecule has 0 saturated heterocycles. The molecule has 6 rings (SSSR count). The van der Waals surface area contributed by atoms with Crippen molar-refractivity contribution in [3.63, 3.8) is 0 Å². The molecule has 0 aliphatic carbocycles. The predicted molar refractivity (Wildman–Crippen MR) is 271 cm³/mol. The Morgan fingerprint density at radius 2 is 1.49 bits per heavy atom. The summed E-state index contributed by atoms with van der Waals surface area (Å²) in [6.07, 6.45) is 19.5. The Kier molecular flexibility index (Phi) is 16.9. The van der Waals surface area contributed by atoms with E-state index < -0.39 is 23.7 Å². The molecule has 12 heteroatoms. The Balaban J connectivity index is 1.29. The van der Waals surface area contributed by atoms with Crippen LogP contribution in [0.1, 0.15) is 158 Å². The SMILES string of the molecule is CCC1=C(C)C2=NC1=CC1=NC3=C(C4=NC(=Cc5[nH]c(/c(=C(\C)O)c5C)=C2)C(C)=C4CCC(=O)OC/C=C(\C)CCC[C@H](C)CCC[C@H](C)CCCC(C)C)[C@@](OC)(C(=O)OC)OC(=O)C3=C1C. The maximum atomic E-state index is 14.1. The number of rotatable bonds is 20. The van der Waals surface area contributed by atoms with Crippen LogP contribution in [-0.4, -0.2) is 71.7 Å². The van der Waals surface area contributed by atoms with Crippen LogP contribution in [0.4, 0.5) is 0 Å². The van der Waals surface area contributed by atoms with Crippen LogP contribution in [-0.2, 0) is 33.3 Å². The first-order valence-corrected chi connectivity index (χ1v) is 24.7. The first kappa shape index (κ1) is 51.8. The number of allylic oxidation sites excluding steroid dienone is 7. The van der Waals surface area contributed by atoms with Gasteiger partial charge < -0.3 is 29.0 Å². The Hall–Kier alpha value is -5.62. The largest absolute Gasteiger partial charge is 0.512 e. The molecular formula is C56H74N4O8. The zero-order chi connectivity index (χ0) is 49.6. The van der Waals surface area contributed by atoms with Crippen LogP contribution >= 0.6 is 0 Å². The van der Waals surface area contributed by atoms with Crippen molar-refractivity contribution in [2.45, 2.75) is 159 Å². The molecule has 0 radical (unpaired) electrons. The number of aromatic amines is 1. The quantitative estimate of drug-likeness (QED) is 0.0742. The minimum absolute atomic E-state index is 0.00227. The molecule has 1 aromatic heterocycles. The van der Waals surface area contributed by atoms with E-state index >= 15 is 0 Å². The number of aromatic nitrogens is 1. The smallest absolute Gasteiger partial charge is 0.385 e. The van der Waals surface area contributed by atoms with Gasteiger partial charge in [0.25, 0.3) is 0 Å². The van der Waals surface area contributed by atoms with Gasteiger partial charge in [-0.3, -0.25) is 4.79 Å². The van der Waals surface area contributed by atoms with Crippen molar-refractivity contribution in [2.24, 2.45) is 32.7 Å². The van der Waals surface area contributed by atoms with Crippen molar-refractivity contribution in [1.29, 1.82) is 0 Å². The molecule has 366 valence electrons. The third kappa shape index (κ3) is 11.0. The molecule has 5 aliphatic rings. The van der Waals surface area contributed by atoms with Gasteiger partial charge in [0.05, 0.1) is 63.6 Å². The highest BCUT2D eigenvalue weighted by molar-refractivity contribution is 6.27. The number of aliphatic hydroxyl groups is 1. The second kappa shape index (κ2) is 22.2. The average molecular weight is 931 g/mol. The number of nitrogens with zero attached hydrogens (tertiary/aromatic N) is 3. The molecule has 6 heterocycles. The third-order valence-electron chi connectivity index (χ3n) is 14.2. The topological polar surface area (TPSA) is 161 Å². The highest BCUT2D eigenvalue weighted by atomic mass is 16.7. The molecule has 0 fully saturated rings. The summed E-state index contributed by atoms with van der Waals surface area (Å²) in [4.78, 5) is 60.4. The van der Waals surface area contributed by atoms with Gasteiger partial charge >= 0.3 is 23.7 Å². The van der Waals surface area contributed by atoms with Gasteiger partial charge in [0.1, 0.15) is 6.61 Å². The molecule has 0 aromatic carbocycles. The van der Waals surface area contributed by atoms with Crippen molar-refractivity contribution < 1.29 is 38.4 Å². The fourth-order valence-corrected chi connectivity index (χ4v) is 10.0. The van der Waals surface area contributed by atoms with E-state index in [1.165, 1.54) is 64.7 Å². The fraction of sp³-hybridized carbons (Fsp3) is 0.536. The summed E-state index contributed by atoms with van der Waals surface area (Å²) in [7, 11) is 2.45. The normalized spacial score (nSPS) is 20.5. The number of esters is 3. The number of fused-ring (bicyclic) bond motifs is 5. The van der Waals surface area contributed by atoms with Crippen LogP contribution in [0.3, 0.4) is 0 Å². The second-order valence-corrected chi connectivity index (χ2v) is 19.8. The Morgan fingerprint density at radius 1 is 0.824 bits per heavy atom. The molecule has 68 heavy (non-hydrogen) atoms. The van der Waals surface area contributed by atoms with Crippen LogP contribution < -0.4 is 10.6 Å². The van der Waals surface area contributed by atoms with E-state index in [-0.39, 0.29) is 47.8 Å². The zero-order valence-corrected chi connectivity index (χ0v) is 42.9. The van der Waals surface area contributed by atoms with E-state index in [1.807, 2.05) is 45.1 Å². The maximum absolute atomic E-state index is 14.1. The summed E-state index contributed by atoms with van der Waals surface area (Å²) in [5, 5.41) is 12.3. The molecule has 1 aromatic rings. The van der Waals surface area contributed by atoms with E-state index in [0.29, 0.717) is 68.1 Å². The van der Waals surface area contributed by atoms with Crippen LogP contribution in [0, 0.1) is 24.7 Å². The molecule has 0 unspecified atom stereocenters. The average Bonchev–Trinajstić information content (AvgIpc) is 3.97. The van der Waals surface area contributed by atoms with Crippen molar-refractivity contribution in [1.82, 2.24) is 4.98 Å². The first-order chi connectivity index (χ1) is 32.3. The highest BCUT2D eigenvalue weighted by Gasteiger charge is 2.58. The van der Waals surface area contributed by atoms with Gasteiger partial charge in [0.15, 0.2) is 0 Å². The molecule has 3 atom stereocenters. The molecule has 5 aliphatic heterocycles. The molecule has 2 N–H and O–H groups in total. The Bertz CT molecular complexity index is 2670. The minimum Gasteiger partial charge on any atom is -0.512 e. The highest BCUT2D eigenvalue weighted by Crippen LogP contribution is 2.46. The Morgan fingerprint density at radius 3 is 2.12 bits per heavy atom. The summed E-state index contributed by atoms with van der Waals surface area (Å²) in [5.74, 6) is -2.17. The molecule has 0 spiro atoms. The fourth-order valence-electron chi connectivity index (χ4n) is 10.0. The molecule has 0 saturated carbocycles. The summed E-state index contributed by atoms with van der Waals surface area (Å²) in [6, 6.07) is 0. The number of nitrogens with one attached hydrogen (secondary N) is 1. The number of aliphatic imine (C=N–C) groups is 3. The van der Waals surface area contributed by atoms with Gasteiger partial charge in [-0.1, -0.05) is 85.1 Å². The third-order valence-corrected chi connectivity index (χ3v) is 14.2. The number of methoxy groups -OCH3 is 2. The van der Waals surface area contributed by atoms with Gasteiger partial charge in [-0.25, -0.2) is 24.6 Å². The Labute approximate surface area is 403 Å². The zero-order valence-electron chi connectivity index (χ0n) is 42.9. The van der Waals surface area contributed by atoms with E-state index in [9.17, 15) is 19.5 Å². The lowest BCUT2D eigenvalue weighted by Gasteiger charge is -2.35. The van der Waals surface area contributed by atoms with E-state index in [1.54, 1.807) is 13.8 Å². The first-order valence-electron chi connectivity index (χ1n) is 24.7. The van der Waals surface area contributed by atoms with Gasteiger partial charge in [-0.05, 0) is 143 Å². The van der Waals surface area contributed by atoms with Crippen molar-refractivity contribution in [2.75, 3.05) is 20.8 Å². The standard InChI is InChI=1S/C56H74N4O8/c1-14-40-35(7)42-30-47-49(39(11)61)37(9)44(58-47)28-43-36(8)41(24-25-48(62)67-27-26-34(6)23-17-22-33(5)21-16-20-32(4)19-15-18-31(2)3)52(59-43)51-53-50(38(10)45(60-53)29-46(40)57-42)54(63)68-56(51,66-13)55(64)65-12/h26,28-33,58,61H,14-25,27H2,1-13H3/b34-26+,43-28?,46-29?,47-30?,49-39+/t32-,33-,56+/m1/s1. The lowest BCUT2D eigenvalue weighted by molar-refractivity contribution is -0.219. The lowest BCUT2D eigenvalue weighted by Crippen LogP contribution is -2.53. The summed E-state index contributed by atoms with van der Waals surface area (Å²) >= 11 is 0. The number of hydrogen-bond acceptors (Lipinski definition) is 11. The molecular weight excluding hydrogens is 857 g/mol. The van der Waals surface area contributed by atoms with Crippen molar-refractivity contribution in [3.05, 3.63) is 95.7 Å². The van der Waals surface area contributed by atoms with Crippen LogP contribution in [0.2, 0.25) is 0 Å². The number of aliphatic hydroxyl groups excluding tert-OH is 1. The predicted octanol–water partition coefficient (Wildman–Crippen LogP) is 10.8. The van der Waals surface area contributed by atoms with E-state index in [2.05, 4.69) is 46.5 Å². The number of ether oxygens (including phenoxy) is 4. The minimum atomic E-state index is -2.39.